The van der Waals surface area contributed by atoms with Crippen LogP contribution in [0.4, 0.5) is 0 Å². The summed E-state index contributed by atoms with van der Waals surface area (Å²) in [5.41, 5.74) is -1.54. The van der Waals surface area contributed by atoms with Crippen molar-refractivity contribution >= 4 is 29.1 Å². The number of thiophene rings is 1. The number of imide groups is 1. The van der Waals surface area contributed by atoms with Gasteiger partial charge < -0.3 is 9.84 Å². The molecule has 2 N–H and O–H groups in total. The monoisotopic (exact) mass is 442 g/mol. The predicted molar refractivity (Wildman–Crippen MR) is 115 cm³/mol. The van der Waals surface area contributed by atoms with Gasteiger partial charge >= 0.3 is 5.97 Å². The first-order valence-electron chi connectivity index (χ1n) is 10.2. The Morgan fingerprint density at radius 3 is 2.45 bits per heavy atom. The fourth-order valence-electron chi connectivity index (χ4n) is 4.67. The number of fused-ring (bicyclic) bond motifs is 1. The Bertz CT molecular complexity index is 985. The summed E-state index contributed by atoms with van der Waals surface area (Å²) in [5.74, 6) is -3.81. The lowest BCUT2D eigenvalue weighted by molar-refractivity contribution is -0.156. The second-order valence-corrected chi connectivity index (χ2v) is 10.1. The van der Waals surface area contributed by atoms with Gasteiger partial charge in [0.2, 0.25) is 11.8 Å². The lowest BCUT2D eigenvalue weighted by atomic mass is 9.80. The number of aliphatic carboxylic acids is 1. The molecule has 4 rings (SSSR count). The molecule has 0 aliphatic carbocycles. The third kappa shape index (κ3) is 3.58. The molecule has 8 heteroatoms. The van der Waals surface area contributed by atoms with Gasteiger partial charge in [0.1, 0.15) is 0 Å². The highest BCUT2D eigenvalue weighted by Crippen LogP contribution is 2.51. The van der Waals surface area contributed by atoms with Crippen molar-refractivity contribution in [1.29, 1.82) is 0 Å². The number of hydrogen-bond acceptors (Lipinski definition) is 6. The van der Waals surface area contributed by atoms with E-state index in [1.807, 2.05) is 47.8 Å². The Morgan fingerprint density at radius 2 is 1.87 bits per heavy atom. The smallest absolute Gasteiger partial charge is 0.327 e. The Hall–Kier alpha value is -2.55. The number of likely N-dealkylation sites (tertiary alicyclic amines) is 1. The molecule has 4 atom stereocenters. The van der Waals surface area contributed by atoms with Crippen molar-refractivity contribution in [3.8, 4) is 0 Å². The van der Waals surface area contributed by atoms with Crippen molar-refractivity contribution in [3.63, 3.8) is 0 Å². The molecule has 1 aromatic heterocycles. The molecule has 31 heavy (non-hydrogen) atoms. The van der Waals surface area contributed by atoms with Crippen LogP contribution in [0.1, 0.15) is 37.3 Å². The molecule has 0 bridgehead atoms. The van der Waals surface area contributed by atoms with Gasteiger partial charge in [0.15, 0.2) is 5.54 Å². The number of rotatable bonds is 6. The number of nitrogens with zero attached hydrogens (tertiary/aromatic N) is 1. The molecule has 2 aliphatic rings. The van der Waals surface area contributed by atoms with Crippen LogP contribution in [0.5, 0.6) is 0 Å². The first-order chi connectivity index (χ1) is 14.7. The molecular weight excluding hydrogens is 416 g/mol. The lowest BCUT2D eigenvalue weighted by Crippen LogP contribution is -2.60. The van der Waals surface area contributed by atoms with Crippen LogP contribution < -0.4 is 5.32 Å². The third-order valence-corrected chi connectivity index (χ3v) is 6.95. The van der Waals surface area contributed by atoms with E-state index < -0.39 is 40.8 Å². The maximum atomic E-state index is 13.5. The van der Waals surface area contributed by atoms with Crippen LogP contribution >= 0.6 is 11.3 Å². The average molecular weight is 443 g/mol. The zero-order chi connectivity index (χ0) is 22.4. The summed E-state index contributed by atoms with van der Waals surface area (Å²) in [6.45, 7) is 5.34. The number of carboxylic acid groups (broad SMARTS) is 1. The van der Waals surface area contributed by atoms with E-state index in [0.29, 0.717) is 0 Å². The zero-order valence-corrected chi connectivity index (χ0v) is 18.5. The topological polar surface area (TPSA) is 95.9 Å². The Balaban J connectivity index is 1.71. The third-order valence-electron chi connectivity index (χ3n) is 6.00. The average Bonchev–Trinajstić information content (AvgIpc) is 3.39. The fraction of sp³-hybridized carbons (Fsp3) is 0.435. The fourth-order valence-corrected chi connectivity index (χ4v) is 5.50. The van der Waals surface area contributed by atoms with Crippen LogP contribution in [-0.2, 0) is 25.7 Å². The van der Waals surface area contributed by atoms with Gasteiger partial charge in [0.05, 0.1) is 31.1 Å². The quantitative estimate of drug-likeness (QED) is 0.668. The highest BCUT2D eigenvalue weighted by Gasteiger charge is 2.69. The van der Waals surface area contributed by atoms with E-state index in [1.165, 1.54) is 16.2 Å². The standard InChI is InChI=1S/C23H26N2O5S/c1-22(2,3)25-19(26)16-17(20(25)27)23(21(28)29,24-18(16)15-10-7-11-31-15)13-30-12-14-8-5-4-6-9-14/h4-11,16-18,24H,12-13H2,1-3H3,(H,28,29). The minimum Gasteiger partial charge on any atom is -0.480 e. The van der Waals surface area contributed by atoms with Gasteiger partial charge in [-0.25, -0.2) is 0 Å². The number of carboxylic acids is 1. The number of benzene rings is 1. The molecule has 0 radical (unpaired) electrons. The first-order valence-corrected chi connectivity index (χ1v) is 11.1. The van der Waals surface area contributed by atoms with Gasteiger partial charge in [-0.3, -0.25) is 24.6 Å². The van der Waals surface area contributed by atoms with Crippen LogP contribution in [0.2, 0.25) is 0 Å². The van der Waals surface area contributed by atoms with Crippen molar-refractivity contribution in [2.75, 3.05) is 6.61 Å². The van der Waals surface area contributed by atoms with E-state index in [-0.39, 0.29) is 19.1 Å². The molecule has 164 valence electrons. The second-order valence-electron chi connectivity index (χ2n) is 9.08. The van der Waals surface area contributed by atoms with E-state index >= 15 is 0 Å². The molecule has 2 aliphatic heterocycles. The normalized spacial score (nSPS) is 28.2. The Labute approximate surface area is 185 Å². The predicted octanol–water partition coefficient (Wildman–Crippen LogP) is 2.83. The summed E-state index contributed by atoms with van der Waals surface area (Å²) in [4.78, 5) is 41.5. The van der Waals surface area contributed by atoms with Gasteiger partial charge in [0.25, 0.3) is 0 Å². The molecule has 4 unspecified atom stereocenters. The highest BCUT2D eigenvalue weighted by atomic mass is 32.1. The van der Waals surface area contributed by atoms with E-state index in [1.54, 1.807) is 20.8 Å². The zero-order valence-electron chi connectivity index (χ0n) is 17.7. The van der Waals surface area contributed by atoms with Gasteiger partial charge in [-0.1, -0.05) is 36.4 Å². The molecule has 0 spiro atoms. The van der Waals surface area contributed by atoms with E-state index in [2.05, 4.69) is 5.32 Å². The second kappa shape index (κ2) is 7.85. The van der Waals surface area contributed by atoms with Gasteiger partial charge in [-0.05, 0) is 37.8 Å². The largest absolute Gasteiger partial charge is 0.480 e. The van der Waals surface area contributed by atoms with E-state index in [0.717, 1.165) is 10.4 Å². The number of amides is 2. The van der Waals surface area contributed by atoms with E-state index in [4.69, 9.17) is 4.74 Å². The molecule has 1 aromatic carbocycles. The van der Waals surface area contributed by atoms with Crippen LogP contribution in [0.15, 0.2) is 47.8 Å². The summed E-state index contributed by atoms with van der Waals surface area (Å²) in [6.07, 6.45) is 0. The van der Waals surface area contributed by atoms with Crippen molar-refractivity contribution < 1.29 is 24.2 Å². The lowest BCUT2D eigenvalue weighted by Gasteiger charge is -2.35. The molecule has 2 fully saturated rings. The van der Waals surface area contributed by atoms with Crippen LogP contribution in [0, 0.1) is 11.8 Å². The van der Waals surface area contributed by atoms with Crippen LogP contribution in [0.3, 0.4) is 0 Å². The number of carbonyl (C=O) groups excluding carboxylic acids is 2. The van der Waals surface area contributed by atoms with Crippen molar-refractivity contribution in [2.45, 2.75) is 44.5 Å². The number of nitrogens with one attached hydrogen (secondary N) is 1. The molecule has 2 saturated heterocycles. The molecular formula is C23H26N2O5S. The number of carbonyl (C=O) groups is 3. The van der Waals surface area contributed by atoms with Crippen molar-refractivity contribution in [1.82, 2.24) is 10.2 Å². The van der Waals surface area contributed by atoms with E-state index in [9.17, 15) is 19.5 Å². The number of hydrogen-bond donors (Lipinski definition) is 2. The molecule has 0 saturated carbocycles. The highest BCUT2D eigenvalue weighted by molar-refractivity contribution is 7.10. The van der Waals surface area contributed by atoms with Gasteiger partial charge in [-0.2, -0.15) is 0 Å². The summed E-state index contributed by atoms with van der Waals surface area (Å²) in [5, 5.41) is 15.3. The van der Waals surface area contributed by atoms with Crippen LogP contribution in [-0.4, -0.2) is 45.5 Å². The molecule has 7 nitrogen and oxygen atoms in total. The molecule has 3 heterocycles. The van der Waals surface area contributed by atoms with Gasteiger partial charge in [-0.15, -0.1) is 11.3 Å². The van der Waals surface area contributed by atoms with Crippen LogP contribution in [0.25, 0.3) is 0 Å². The minimum atomic E-state index is -1.69. The maximum absolute atomic E-state index is 13.5. The first kappa shape index (κ1) is 21.7. The number of ether oxygens (including phenoxy) is 1. The van der Waals surface area contributed by atoms with Gasteiger partial charge in [0, 0.05) is 10.4 Å². The summed E-state index contributed by atoms with van der Waals surface area (Å²) in [7, 11) is 0. The minimum absolute atomic E-state index is 0.212. The maximum Gasteiger partial charge on any atom is 0.327 e. The SMILES string of the molecule is CC(C)(C)N1C(=O)C2C(c3cccs3)NC(COCc3ccccc3)(C(=O)O)C2C1=O. The molecule has 2 aromatic rings. The summed E-state index contributed by atoms with van der Waals surface area (Å²) >= 11 is 1.44. The molecule has 2 amide bonds. The summed E-state index contributed by atoms with van der Waals surface area (Å²) in [6, 6.07) is 12.6. The summed E-state index contributed by atoms with van der Waals surface area (Å²) < 4.78 is 5.82. The van der Waals surface area contributed by atoms with Crippen molar-refractivity contribution in [3.05, 3.63) is 58.3 Å². The Morgan fingerprint density at radius 1 is 1.16 bits per heavy atom. The van der Waals surface area contributed by atoms with Crippen molar-refractivity contribution in [2.24, 2.45) is 11.8 Å². The Kier molecular flexibility index (Phi) is 5.49.